The maximum Gasteiger partial charge on any atom is 0.587 e. The molecule has 0 radical (unpaired) electrons. The first-order chi connectivity index (χ1) is 16.5. The van der Waals surface area contributed by atoms with Crippen LogP contribution in [-0.4, -0.2) is 38.9 Å². The molecule has 0 bridgehead atoms. The molecule has 1 saturated heterocycles. The van der Waals surface area contributed by atoms with Gasteiger partial charge in [0.1, 0.15) is 23.9 Å². The van der Waals surface area contributed by atoms with E-state index in [0.717, 1.165) is 13.1 Å². The Morgan fingerprint density at radius 1 is 1.09 bits per heavy atom. The Hall–Kier alpha value is -3.31. The fourth-order valence-corrected chi connectivity index (χ4v) is 4.66. The van der Waals surface area contributed by atoms with Gasteiger partial charge in [-0.1, -0.05) is 36.4 Å². The standard InChI is InChI=1S/C22H22F2N3O7P/c1-21(23)18(28)22(24,32-19(21)27-13-12-17(25)26-20(27)29)14-31-35(30,33-15-8-4-2-5-9-15)34-16-10-6-3-7-11-16/h2-13,18-19,28H,14H2,1H3,(H2,25,26,29)/t18-,19+,21+,22+/m0/s1. The molecule has 1 aliphatic heterocycles. The summed E-state index contributed by atoms with van der Waals surface area (Å²) in [5, 5.41) is 10.4. The average Bonchev–Trinajstić information content (AvgIpc) is 3.00. The molecule has 3 N–H and O–H groups in total. The van der Waals surface area contributed by atoms with Gasteiger partial charge in [-0.3, -0.25) is 9.09 Å². The van der Waals surface area contributed by atoms with E-state index in [0.29, 0.717) is 4.57 Å². The number of hydrogen-bond acceptors (Lipinski definition) is 9. The number of nitrogens with two attached hydrogens (primary N) is 1. The minimum Gasteiger partial charge on any atom is -0.395 e. The molecule has 2 aromatic carbocycles. The molecule has 0 aliphatic carbocycles. The number of rotatable bonds is 8. The molecule has 1 aromatic heterocycles. The molecule has 10 nitrogen and oxygen atoms in total. The number of hydrogen-bond donors (Lipinski definition) is 2. The van der Waals surface area contributed by atoms with Gasteiger partial charge in [0.05, 0.1) is 0 Å². The van der Waals surface area contributed by atoms with Gasteiger partial charge in [0.25, 0.3) is 5.85 Å². The number of nitrogen functional groups attached to an aromatic ring is 1. The number of nitrogens with zero attached hydrogens (tertiary/aromatic N) is 2. The zero-order chi connectivity index (χ0) is 25.3. The normalized spacial score (nSPS) is 26.4. The lowest BCUT2D eigenvalue weighted by Crippen LogP contribution is -2.47. The van der Waals surface area contributed by atoms with Crippen LogP contribution >= 0.6 is 7.82 Å². The second-order valence-corrected chi connectivity index (χ2v) is 9.40. The summed E-state index contributed by atoms with van der Waals surface area (Å²) in [4.78, 5) is 15.6. The summed E-state index contributed by atoms with van der Waals surface area (Å²) in [6.45, 7) is -0.425. The molecule has 2 heterocycles. The van der Waals surface area contributed by atoms with Crippen molar-refractivity contribution in [1.29, 1.82) is 0 Å². The van der Waals surface area contributed by atoms with Crippen molar-refractivity contribution in [3.05, 3.63) is 83.4 Å². The van der Waals surface area contributed by atoms with Gasteiger partial charge in [0.15, 0.2) is 18.0 Å². The van der Waals surface area contributed by atoms with E-state index in [-0.39, 0.29) is 17.3 Å². The molecule has 4 atom stereocenters. The molecular weight excluding hydrogens is 487 g/mol. The quantitative estimate of drug-likeness (QED) is 0.438. The summed E-state index contributed by atoms with van der Waals surface area (Å²) >= 11 is 0. The number of phosphoric acid groups is 1. The van der Waals surface area contributed by atoms with E-state index >= 15 is 8.78 Å². The number of aromatic nitrogens is 2. The van der Waals surface area contributed by atoms with Gasteiger partial charge in [-0.05, 0) is 37.3 Å². The number of halogens is 2. The maximum atomic E-state index is 15.7. The zero-order valence-corrected chi connectivity index (χ0v) is 19.3. The fourth-order valence-electron chi connectivity index (χ4n) is 3.43. The molecule has 1 fully saturated rings. The summed E-state index contributed by atoms with van der Waals surface area (Å²) in [7, 11) is -4.59. The SMILES string of the molecule is C[C@]1(F)[C@H](n2ccc(N)nc2=O)O[C@](F)(COP(=O)(Oc2ccccc2)Oc2ccccc2)[C@H]1O. The number of phosphoric ester groups is 1. The Kier molecular flexibility index (Phi) is 6.65. The van der Waals surface area contributed by atoms with Crippen molar-refractivity contribution in [3.63, 3.8) is 0 Å². The van der Waals surface area contributed by atoms with Crippen molar-refractivity contribution in [3.8, 4) is 11.5 Å². The number of alkyl halides is 2. The smallest absolute Gasteiger partial charge is 0.395 e. The zero-order valence-electron chi connectivity index (χ0n) is 18.4. The predicted octanol–water partition coefficient (Wildman–Crippen LogP) is 3.39. The van der Waals surface area contributed by atoms with Gasteiger partial charge in [-0.25, -0.2) is 18.1 Å². The van der Waals surface area contributed by atoms with Crippen LogP contribution < -0.4 is 20.5 Å². The molecule has 3 aromatic rings. The van der Waals surface area contributed by atoms with E-state index in [1.807, 2.05) is 0 Å². The lowest BCUT2D eigenvalue weighted by atomic mass is 9.97. The highest BCUT2D eigenvalue weighted by molar-refractivity contribution is 7.49. The number of para-hydroxylation sites is 2. The van der Waals surface area contributed by atoms with Gasteiger partial charge in [0.2, 0.25) is 0 Å². The predicted molar refractivity (Wildman–Crippen MR) is 120 cm³/mol. The molecule has 0 spiro atoms. The molecule has 4 rings (SSSR count). The molecule has 13 heteroatoms. The number of aliphatic hydroxyl groups is 1. The van der Waals surface area contributed by atoms with Crippen LogP contribution in [0.3, 0.4) is 0 Å². The van der Waals surface area contributed by atoms with Crippen molar-refractivity contribution >= 4 is 13.6 Å². The monoisotopic (exact) mass is 509 g/mol. The average molecular weight is 509 g/mol. The van der Waals surface area contributed by atoms with E-state index < -0.39 is 44.0 Å². The van der Waals surface area contributed by atoms with Crippen LogP contribution in [0.15, 0.2) is 77.7 Å². The molecule has 186 valence electrons. The second-order valence-electron chi connectivity index (χ2n) is 7.88. The summed E-state index contributed by atoms with van der Waals surface area (Å²) in [6, 6.07) is 16.8. The largest absolute Gasteiger partial charge is 0.587 e. The van der Waals surface area contributed by atoms with Crippen LogP contribution in [0.2, 0.25) is 0 Å². The van der Waals surface area contributed by atoms with E-state index in [1.165, 1.54) is 30.3 Å². The van der Waals surface area contributed by atoms with Crippen molar-refractivity contribution in [2.45, 2.75) is 30.8 Å². The minimum absolute atomic E-state index is 0.0836. The summed E-state index contributed by atoms with van der Waals surface area (Å²) in [5.74, 6) is -3.22. The van der Waals surface area contributed by atoms with Crippen molar-refractivity contribution < 1.29 is 36.8 Å². The van der Waals surface area contributed by atoms with Gasteiger partial charge < -0.3 is 24.6 Å². The Balaban J connectivity index is 1.59. The van der Waals surface area contributed by atoms with E-state index in [4.69, 9.17) is 24.0 Å². The maximum absolute atomic E-state index is 15.7. The number of ether oxygens (including phenoxy) is 1. The van der Waals surface area contributed by atoms with Gasteiger partial charge in [-0.2, -0.15) is 4.98 Å². The second kappa shape index (κ2) is 9.38. The highest BCUT2D eigenvalue weighted by Gasteiger charge is 2.65. The van der Waals surface area contributed by atoms with Crippen molar-refractivity contribution in [2.75, 3.05) is 12.3 Å². The Bertz CT molecular complexity index is 1230. The summed E-state index contributed by atoms with van der Waals surface area (Å²) in [6.07, 6.45) is -3.34. The van der Waals surface area contributed by atoms with Crippen LogP contribution in [0.5, 0.6) is 11.5 Å². The fraction of sp³-hybridized carbons (Fsp3) is 0.273. The van der Waals surface area contributed by atoms with Crippen LogP contribution in [-0.2, 0) is 13.8 Å². The summed E-state index contributed by atoms with van der Waals surface area (Å²) in [5.41, 5.74) is 1.59. The van der Waals surface area contributed by atoms with Gasteiger partial charge in [0, 0.05) is 6.20 Å². The molecule has 0 unspecified atom stereocenters. The summed E-state index contributed by atoms with van der Waals surface area (Å²) < 4.78 is 66.3. The highest BCUT2D eigenvalue weighted by Crippen LogP contribution is 2.53. The van der Waals surface area contributed by atoms with Crippen LogP contribution in [0.25, 0.3) is 0 Å². The lowest BCUT2D eigenvalue weighted by Gasteiger charge is -2.26. The number of benzene rings is 2. The van der Waals surface area contributed by atoms with Crippen molar-refractivity contribution in [2.24, 2.45) is 0 Å². The number of aliphatic hydroxyl groups excluding tert-OH is 1. The third-order valence-corrected chi connectivity index (χ3v) is 6.49. The first-order valence-corrected chi connectivity index (χ1v) is 11.8. The first-order valence-electron chi connectivity index (χ1n) is 10.3. The molecule has 1 aliphatic rings. The Morgan fingerprint density at radius 2 is 1.63 bits per heavy atom. The van der Waals surface area contributed by atoms with Crippen LogP contribution in [0.1, 0.15) is 13.2 Å². The number of anilines is 1. The van der Waals surface area contributed by atoms with E-state index in [1.54, 1.807) is 36.4 Å². The van der Waals surface area contributed by atoms with Gasteiger partial charge >= 0.3 is 13.5 Å². The first kappa shape index (κ1) is 24.8. The Labute approximate surface area is 198 Å². The third-order valence-electron chi connectivity index (χ3n) is 5.18. The van der Waals surface area contributed by atoms with Crippen molar-refractivity contribution in [1.82, 2.24) is 9.55 Å². The van der Waals surface area contributed by atoms with E-state index in [9.17, 15) is 14.5 Å². The van der Waals surface area contributed by atoms with E-state index in [2.05, 4.69) is 4.98 Å². The molecule has 35 heavy (non-hydrogen) atoms. The minimum atomic E-state index is -4.59. The lowest BCUT2D eigenvalue weighted by molar-refractivity contribution is -0.204. The highest BCUT2D eigenvalue weighted by atomic mass is 31.2. The van der Waals surface area contributed by atoms with Crippen LogP contribution in [0.4, 0.5) is 14.6 Å². The van der Waals surface area contributed by atoms with Crippen LogP contribution in [0, 0.1) is 0 Å². The van der Waals surface area contributed by atoms with Gasteiger partial charge in [-0.15, -0.1) is 0 Å². The molecule has 0 amide bonds. The molecular formula is C22H22F2N3O7P. The topological polar surface area (TPSA) is 135 Å². The molecule has 0 saturated carbocycles. The third kappa shape index (κ3) is 5.20. The Morgan fingerprint density at radius 3 is 2.14 bits per heavy atom.